The highest BCUT2D eigenvalue weighted by atomic mass is 32.1. The van der Waals surface area contributed by atoms with Gasteiger partial charge in [-0.1, -0.05) is 12.1 Å². The largest absolute Gasteiger partial charge is 0.379 e. The maximum absolute atomic E-state index is 4.26. The molecule has 0 atom stereocenters. The molecule has 0 saturated heterocycles. The molecule has 4 nitrogen and oxygen atoms in total. The van der Waals surface area contributed by atoms with Gasteiger partial charge in [-0.3, -0.25) is 4.68 Å². The van der Waals surface area contributed by atoms with Crippen molar-refractivity contribution >= 4 is 17.0 Å². The van der Waals surface area contributed by atoms with E-state index in [0.29, 0.717) is 0 Å². The molecule has 1 aromatic carbocycles. The van der Waals surface area contributed by atoms with Crippen molar-refractivity contribution in [2.24, 2.45) is 0 Å². The van der Waals surface area contributed by atoms with E-state index in [1.165, 1.54) is 5.56 Å². The third kappa shape index (κ3) is 3.20. The smallest absolute Gasteiger partial charge is 0.112 e. The van der Waals surface area contributed by atoms with E-state index in [1.807, 2.05) is 28.5 Å². The van der Waals surface area contributed by atoms with Crippen LogP contribution in [0.2, 0.25) is 0 Å². The van der Waals surface area contributed by atoms with Gasteiger partial charge in [0.05, 0.1) is 13.1 Å². The average Bonchev–Trinajstić information content (AvgIpc) is 3.10. The molecule has 0 amide bonds. The zero-order chi connectivity index (χ0) is 12.9. The first-order chi connectivity index (χ1) is 9.40. The van der Waals surface area contributed by atoms with Crippen LogP contribution < -0.4 is 5.32 Å². The zero-order valence-corrected chi connectivity index (χ0v) is 11.2. The second kappa shape index (κ2) is 5.67. The number of nitrogens with zero attached hydrogens (tertiary/aromatic N) is 3. The number of anilines is 1. The maximum Gasteiger partial charge on any atom is 0.112 e. The summed E-state index contributed by atoms with van der Waals surface area (Å²) in [5.41, 5.74) is 2.34. The summed E-state index contributed by atoms with van der Waals surface area (Å²) in [6.45, 7) is 1.56. The van der Waals surface area contributed by atoms with Crippen LogP contribution in [0.1, 0.15) is 10.6 Å². The molecule has 3 aromatic rings. The van der Waals surface area contributed by atoms with E-state index in [4.69, 9.17) is 0 Å². The van der Waals surface area contributed by atoms with Crippen molar-refractivity contribution in [1.82, 2.24) is 14.8 Å². The van der Waals surface area contributed by atoms with Crippen molar-refractivity contribution < 1.29 is 0 Å². The Bertz CT molecular complexity index is 617. The molecule has 2 heterocycles. The zero-order valence-electron chi connectivity index (χ0n) is 10.4. The summed E-state index contributed by atoms with van der Waals surface area (Å²) in [4.78, 5) is 4.26. The third-order valence-electron chi connectivity index (χ3n) is 2.76. The van der Waals surface area contributed by atoms with E-state index in [9.17, 15) is 0 Å². The maximum atomic E-state index is 4.26. The molecule has 0 saturated carbocycles. The van der Waals surface area contributed by atoms with Gasteiger partial charge >= 0.3 is 0 Å². The summed E-state index contributed by atoms with van der Waals surface area (Å²) in [5.74, 6) is 0. The number of thiazole rings is 1. The Morgan fingerprint density at radius 2 is 2.21 bits per heavy atom. The van der Waals surface area contributed by atoms with Gasteiger partial charge in [0, 0.05) is 29.7 Å². The number of rotatable bonds is 5. The molecule has 0 radical (unpaired) electrons. The minimum Gasteiger partial charge on any atom is -0.379 e. The van der Waals surface area contributed by atoms with Gasteiger partial charge in [-0.05, 0) is 23.8 Å². The third-order valence-corrected chi connectivity index (χ3v) is 3.54. The van der Waals surface area contributed by atoms with Crippen molar-refractivity contribution in [1.29, 1.82) is 0 Å². The Morgan fingerprint density at radius 3 is 3.00 bits per heavy atom. The van der Waals surface area contributed by atoms with Crippen molar-refractivity contribution in [2.45, 2.75) is 13.1 Å². The molecule has 3 rings (SSSR count). The predicted octanol–water partition coefficient (Wildman–Crippen LogP) is 3.00. The van der Waals surface area contributed by atoms with Crippen LogP contribution >= 0.6 is 11.3 Å². The highest BCUT2D eigenvalue weighted by Crippen LogP contribution is 2.14. The molecule has 96 valence electrons. The minimum absolute atomic E-state index is 0.767. The molecule has 0 bridgehead atoms. The lowest BCUT2D eigenvalue weighted by Gasteiger charge is -2.07. The summed E-state index contributed by atoms with van der Waals surface area (Å²) in [6.07, 6.45) is 5.59. The summed E-state index contributed by atoms with van der Waals surface area (Å²) in [7, 11) is 0. The molecule has 0 aliphatic rings. The fourth-order valence-electron chi connectivity index (χ4n) is 1.88. The fraction of sp³-hybridized carbons (Fsp3) is 0.143. The summed E-state index contributed by atoms with van der Waals surface area (Å²) >= 11 is 1.66. The predicted molar refractivity (Wildman–Crippen MR) is 77.2 cm³/mol. The van der Waals surface area contributed by atoms with E-state index in [2.05, 4.69) is 39.7 Å². The van der Waals surface area contributed by atoms with Crippen molar-refractivity contribution in [3.63, 3.8) is 0 Å². The summed E-state index contributed by atoms with van der Waals surface area (Å²) in [5, 5.41) is 10.7. The Kier molecular flexibility index (Phi) is 3.56. The topological polar surface area (TPSA) is 42.7 Å². The van der Waals surface area contributed by atoms with Crippen LogP contribution in [-0.4, -0.2) is 14.8 Å². The lowest BCUT2D eigenvalue weighted by atomic mass is 10.2. The average molecular weight is 270 g/mol. The molecular formula is C14H14N4S. The van der Waals surface area contributed by atoms with E-state index in [-0.39, 0.29) is 0 Å². The quantitative estimate of drug-likeness (QED) is 0.775. The molecule has 0 fully saturated rings. The van der Waals surface area contributed by atoms with Crippen molar-refractivity contribution in [2.75, 3.05) is 5.32 Å². The van der Waals surface area contributed by atoms with Crippen LogP contribution in [0.25, 0.3) is 0 Å². The first kappa shape index (κ1) is 11.9. The Labute approximate surface area is 115 Å². The van der Waals surface area contributed by atoms with Crippen LogP contribution in [-0.2, 0) is 13.1 Å². The Balaban J connectivity index is 1.66. The lowest BCUT2D eigenvalue weighted by molar-refractivity contribution is 0.687. The highest BCUT2D eigenvalue weighted by Gasteiger charge is 1.99. The van der Waals surface area contributed by atoms with Crippen molar-refractivity contribution in [3.8, 4) is 0 Å². The molecule has 0 spiro atoms. The van der Waals surface area contributed by atoms with Gasteiger partial charge in [0.25, 0.3) is 0 Å². The van der Waals surface area contributed by atoms with Gasteiger partial charge < -0.3 is 5.32 Å². The molecule has 5 heteroatoms. The molecule has 0 aliphatic heterocycles. The number of hydrogen-bond donors (Lipinski definition) is 1. The second-order valence-corrected chi connectivity index (χ2v) is 5.16. The second-order valence-electron chi connectivity index (χ2n) is 4.18. The molecule has 0 unspecified atom stereocenters. The van der Waals surface area contributed by atoms with Crippen LogP contribution in [0.3, 0.4) is 0 Å². The van der Waals surface area contributed by atoms with Gasteiger partial charge in [-0.15, -0.1) is 11.3 Å². The van der Waals surface area contributed by atoms with Gasteiger partial charge in [-0.2, -0.15) is 5.10 Å². The molecule has 19 heavy (non-hydrogen) atoms. The molecular weight excluding hydrogens is 256 g/mol. The number of aromatic nitrogens is 3. The van der Waals surface area contributed by atoms with Crippen LogP contribution in [0.5, 0.6) is 0 Å². The van der Waals surface area contributed by atoms with E-state index in [1.54, 1.807) is 17.5 Å². The summed E-state index contributed by atoms with van der Waals surface area (Å²) < 4.78 is 1.92. The SMILES string of the molecule is c1cc(Cn2cccn2)cc(NCc2nccs2)c1. The van der Waals surface area contributed by atoms with Gasteiger partial charge in [0.1, 0.15) is 5.01 Å². The highest BCUT2D eigenvalue weighted by molar-refractivity contribution is 7.09. The van der Waals surface area contributed by atoms with E-state index < -0.39 is 0 Å². The van der Waals surface area contributed by atoms with Crippen LogP contribution in [0, 0.1) is 0 Å². The lowest BCUT2D eigenvalue weighted by Crippen LogP contribution is -2.02. The van der Waals surface area contributed by atoms with Gasteiger partial charge in [0.15, 0.2) is 0 Å². The fourth-order valence-corrected chi connectivity index (χ4v) is 2.43. The first-order valence-electron chi connectivity index (χ1n) is 6.09. The van der Waals surface area contributed by atoms with Crippen LogP contribution in [0.4, 0.5) is 5.69 Å². The van der Waals surface area contributed by atoms with Gasteiger partial charge in [0.2, 0.25) is 0 Å². The molecule has 2 aromatic heterocycles. The molecule has 0 aliphatic carbocycles. The van der Waals surface area contributed by atoms with Gasteiger partial charge in [-0.25, -0.2) is 4.98 Å². The number of nitrogens with one attached hydrogen (secondary N) is 1. The monoisotopic (exact) mass is 270 g/mol. The standard InChI is InChI=1S/C14H14N4S/c1-3-12(11-18-7-2-5-17-18)9-13(4-1)16-10-14-15-6-8-19-14/h1-9,16H,10-11H2. The Morgan fingerprint density at radius 1 is 1.21 bits per heavy atom. The van der Waals surface area contributed by atoms with Crippen molar-refractivity contribution in [3.05, 3.63) is 64.9 Å². The molecule has 1 N–H and O–H groups in total. The van der Waals surface area contributed by atoms with E-state index >= 15 is 0 Å². The first-order valence-corrected chi connectivity index (χ1v) is 6.97. The normalized spacial score (nSPS) is 10.5. The summed E-state index contributed by atoms with van der Waals surface area (Å²) in [6, 6.07) is 10.3. The number of hydrogen-bond acceptors (Lipinski definition) is 4. The van der Waals surface area contributed by atoms with E-state index in [0.717, 1.165) is 23.8 Å². The van der Waals surface area contributed by atoms with Crippen LogP contribution in [0.15, 0.2) is 54.3 Å². The Hall–Kier alpha value is -2.14. The minimum atomic E-state index is 0.767. The number of benzene rings is 1.